The molecule has 128 valence electrons. The molecule has 0 aromatic rings. The summed E-state index contributed by atoms with van der Waals surface area (Å²) in [4.78, 5) is 7.02. The first-order valence-electron chi connectivity index (χ1n) is 8.23. The number of nitrogens with zero attached hydrogens (tertiary/aromatic N) is 2. The van der Waals surface area contributed by atoms with Crippen LogP contribution in [-0.4, -0.2) is 61.1 Å². The van der Waals surface area contributed by atoms with Crippen LogP contribution in [0.5, 0.6) is 0 Å². The summed E-state index contributed by atoms with van der Waals surface area (Å²) in [5.41, 5.74) is 0. The Bertz CT molecular complexity index is 345. The molecule has 1 atom stereocenters. The first-order chi connectivity index (χ1) is 10.3. The Morgan fingerprint density at radius 3 is 2.82 bits per heavy atom. The van der Waals surface area contributed by atoms with Crippen molar-refractivity contribution in [2.24, 2.45) is 4.99 Å². The molecule has 0 amide bonds. The minimum Gasteiger partial charge on any atom is -0.356 e. The van der Waals surface area contributed by atoms with Crippen LogP contribution >= 0.6 is 35.7 Å². The summed E-state index contributed by atoms with van der Waals surface area (Å²) >= 11 is 1.89. The molecule has 0 radical (unpaired) electrons. The maximum absolute atomic E-state index is 4.34. The summed E-state index contributed by atoms with van der Waals surface area (Å²) in [6, 6.07) is 1.40. The van der Waals surface area contributed by atoms with Crippen molar-refractivity contribution in [1.82, 2.24) is 15.5 Å². The van der Waals surface area contributed by atoms with Crippen molar-refractivity contribution in [3.8, 4) is 0 Å². The number of hydrogen-bond donors (Lipinski definition) is 2. The topological polar surface area (TPSA) is 39.7 Å². The average Bonchev–Trinajstić information content (AvgIpc) is 3.16. The highest BCUT2D eigenvalue weighted by Gasteiger charge is 2.30. The maximum Gasteiger partial charge on any atom is 0.191 e. The second kappa shape index (κ2) is 11.6. The van der Waals surface area contributed by atoms with Gasteiger partial charge in [0.15, 0.2) is 5.96 Å². The lowest BCUT2D eigenvalue weighted by Gasteiger charge is -2.24. The minimum absolute atomic E-state index is 0. The van der Waals surface area contributed by atoms with Gasteiger partial charge in [0.2, 0.25) is 0 Å². The fourth-order valence-electron chi connectivity index (χ4n) is 3.30. The zero-order valence-electron chi connectivity index (χ0n) is 13.7. The van der Waals surface area contributed by atoms with E-state index in [4.69, 9.17) is 0 Å². The van der Waals surface area contributed by atoms with Crippen molar-refractivity contribution in [3.63, 3.8) is 0 Å². The van der Waals surface area contributed by atoms with Crippen LogP contribution in [0.2, 0.25) is 0 Å². The molecule has 1 saturated carbocycles. The summed E-state index contributed by atoms with van der Waals surface area (Å²) in [6.45, 7) is 7.11. The second-order valence-corrected chi connectivity index (χ2v) is 7.08. The average molecular weight is 438 g/mol. The van der Waals surface area contributed by atoms with Crippen molar-refractivity contribution in [2.75, 3.05) is 38.2 Å². The number of rotatable bonds is 7. The molecular weight excluding hydrogens is 407 g/mol. The predicted octanol–water partition coefficient (Wildman–Crippen LogP) is 2.71. The number of guanidine groups is 1. The molecule has 22 heavy (non-hydrogen) atoms. The van der Waals surface area contributed by atoms with Gasteiger partial charge in [0, 0.05) is 50.3 Å². The van der Waals surface area contributed by atoms with Crippen molar-refractivity contribution in [2.45, 2.75) is 44.2 Å². The monoisotopic (exact) mass is 438 g/mol. The molecule has 6 heteroatoms. The molecule has 0 aromatic carbocycles. The molecule has 2 aliphatic rings. The van der Waals surface area contributed by atoms with Gasteiger partial charge in [0.1, 0.15) is 0 Å². The van der Waals surface area contributed by atoms with Gasteiger partial charge in [-0.05, 0) is 19.3 Å². The molecule has 1 aliphatic heterocycles. The third-order valence-corrected chi connectivity index (χ3v) is 5.36. The Kier molecular flexibility index (Phi) is 10.6. The first-order valence-corrected chi connectivity index (χ1v) is 9.39. The number of likely N-dealkylation sites (tertiary alicyclic amines) is 1. The number of hydrogen-bond acceptors (Lipinski definition) is 3. The Morgan fingerprint density at radius 2 is 2.14 bits per heavy atom. The summed E-state index contributed by atoms with van der Waals surface area (Å²) in [5.74, 6) is 3.06. The summed E-state index contributed by atoms with van der Waals surface area (Å²) in [6.07, 6.45) is 8.84. The molecule has 2 fully saturated rings. The van der Waals surface area contributed by atoms with Crippen LogP contribution in [0.4, 0.5) is 0 Å². The van der Waals surface area contributed by atoms with E-state index in [0.717, 1.165) is 30.1 Å². The van der Waals surface area contributed by atoms with Crippen LogP contribution in [-0.2, 0) is 0 Å². The summed E-state index contributed by atoms with van der Waals surface area (Å²) in [5, 5.41) is 6.98. The molecule has 4 nitrogen and oxygen atoms in total. The number of thioether (sulfide) groups is 1. The van der Waals surface area contributed by atoms with Gasteiger partial charge in [-0.25, -0.2) is 0 Å². The highest BCUT2D eigenvalue weighted by molar-refractivity contribution is 14.0. The van der Waals surface area contributed by atoms with Crippen molar-refractivity contribution in [1.29, 1.82) is 0 Å². The fourth-order valence-corrected chi connectivity index (χ4v) is 3.88. The lowest BCUT2D eigenvalue weighted by Crippen LogP contribution is -2.45. The van der Waals surface area contributed by atoms with Gasteiger partial charge < -0.3 is 10.6 Å². The number of halogens is 1. The van der Waals surface area contributed by atoms with Gasteiger partial charge in [-0.1, -0.05) is 18.9 Å². The van der Waals surface area contributed by atoms with Crippen LogP contribution in [0.3, 0.4) is 0 Å². The van der Waals surface area contributed by atoms with Gasteiger partial charge in [0.25, 0.3) is 0 Å². The SMILES string of the molecule is C=CCSCCNC(=NC)NC1CCN(C2CCCC2)C1.I. The maximum atomic E-state index is 4.34. The largest absolute Gasteiger partial charge is 0.356 e. The van der Waals surface area contributed by atoms with Gasteiger partial charge >= 0.3 is 0 Å². The molecule has 0 bridgehead atoms. The van der Waals surface area contributed by atoms with E-state index in [2.05, 4.69) is 27.1 Å². The third kappa shape index (κ3) is 6.66. The zero-order valence-corrected chi connectivity index (χ0v) is 16.9. The summed E-state index contributed by atoms with van der Waals surface area (Å²) in [7, 11) is 1.86. The van der Waals surface area contributed by atoms with Crippen LogP contribution < -0.4 is 10.6 Å². The Hall–Kier alpha value is 0.0500. The van der Waals surface area contributed by atoms with Crippen LogP contribution in [0.1, 0.15) is 32.1 Å². The van der Waals surface area contributed by atoms with E-state index in [1.807, 2.05) is 24.9 Å². The first kappa shape index (κ1) is 20.1. The lowest BCUT2D eigenvalue weighted by molar-refractivity contribution is 0.242. The molecule has 1 unspecified atom stereocenters. The van der Waals surface area contributed by atoms with Crippen LogP contribution in [0, 0.1) is 0 Å². The standard InChI is InChI=1S/C16H30N4S.HI/c1-3-11-21-12-9-18-16(17-2)19-14-8-10-20(13-14)15-6-4-5-7-15;/h3,14-15H,1,4-13H2,2H3,(H2,17,18,19);1H. The van der Waals surface area contributed by atoms with Gasteiger partial charge in [-0.15, -0.1) is 30.6 Å². The Labute approximate surface area is 157 Å². The molecule has 1 heterocycles. The van der Waals surface area contributed by atoms with Crippen molar-refractivity contribution < 1.29 is 0 Å². The number of nitrogens with one attached hydrogen (secondary N) is 2. The van der Waals surface area contributed by atoms with Gasteiger partial charge in [-0.3, -0.25) is 9.89 Å². The fraction of sp³-hybridized carbons (Fsp3) is 0.812. The van der Waals surface area contributed by atoms with E-state index in [0.29, 0.717) is 6.04 Å². The molecule has 2 rings (SSSR count). The van der Waals surface area contributed by atoms with E-state index >= 15 is 0 Å². The second-order valence-electron chi connectivity index (χ2n) is 5.93. The molecule has 0 aromatic heterocycles. The highest BCUT2D eigenvalue weighted by atomic mass is 127. The quantitative estimate of drug-likeness (QED) is 0.211. The van der Waals surface area contributed by atoms with Crippen LogP contribution in [0.15, 0.2) is 17.6 Å². The molecular formula is C16H31IN4S. The minimum atomic E-state index is 0. The normalized spacial score (nSPS) is 23.3. The van der Waals surface area contributed by atoms with E-state index in [-0.39, 0.29) is 24.0 Å². The Morgan fingerprint density at radius 1 is 1.36 bits per heavy atom. The highest BCUT2D eigenvalue weighted by Crippen LogP contribution is 2.26. The number of aliphatic imine (C=N–C) groups is 1. The zero-order chi connectivity index (χ0) is 14.9. The van der Waals surface area contributed by atoms with Gasteiger partial charge in [-0.2, -0.15) is 11.8 Å². The Balaban J connectivity index is 0.00000242. The van der Waals surface area contributed by atoms with E-state index in [1.165, 1.54) is 45.2 Å². The smallest absolute Gasteiger partial charge is 0.191 e. The lowest BCUT2D eigenvalue weighted by atomic mass is 10.2. The van der Waals surface area contributed by atoms with E-state index < -0.39 is 0 Å². The van der Waals surface area contributed by atoms with Crippen molar-refractivity contribution >= 4 is 41.7 Å². The van der Waals surface area contributed by atoms with Crippen LogP contribution in [0.25, 0.3) is 0 Å². The van der Waals surface area contributed by atoms with E-state index in [9.17, 15) is 0 Å². The predicted molar refractivity (Wildman–Crippen MR) is 110 cm³/mol. The van der Waals surface area contributed by atoms with E-state index in [1.54, 1.807) is 0 Å². The molecule has 2 N–H and O–H groups in total. The third-order valence-electron chi connectivity index (χ3n) is 4.40. The van der Waals surface area contributed by atoms with Crippen molar-refractivity contribution in [3.05, 3.63) is 12.7 Å². The molecule has 1 saturated heterocycles. The summed E-state index contributed by atoms with van der Waals surface area (Å²) < 4.78 is 0. The molecule has 0 spiro atoms. The van der Waals surface area contributed by atoms with Gasteiger partial charge in [0.05, 0.1) is 0 Å². The molecule has 1 aliphatic carbocycles.